The Morgan fingerprint density at radius 1 is 0.192 bits per heavy atom. The standard InChI is InChI=1S/C73H42/c1-3-20-43(21-4-1)64-55-31-12-13-32-56(55)65(44-22-5-2-6-23-44)68-60-41-40-46(52-34-19-35-59(66(52)60)67(64)68)45-38-39-58-61(42-45)49-26-8-11-30-54(49)70-69-53-29-10-7-24-47(53)48-25-9-14-33-57(48)71(69)73(72(58)70)62-36-17-15-27-50(62)51-28-16-18-37-63(51)73/h1-42H. The van der Waals surface area contributed by atoms with Gasteiger partial charge in [-0.3, -0.25) is 0 Å². The fraction of sp³-hybridized carbons (Fsp3) is 0.0137. The molecule has 0 atom stereocenters. The van der Waals surface area contributed by atoms with Gasteiger partial charge >= 0.3 is 0 Å². The molecule has 0 heteroatoms. The Bertz CT molecular complexity index is 4630. The second-order valence-electron chi connectivity index (χ2n) is 20.4. The zero-order chi connectivity index (χ0) is 47.5. The van der Waals surface area contributed by atoms with E-state index in [0.717, 1.165) is 0 Å². The molecule has 3 aliphatic rings. The van der Waals surface area contributed by atoms with Crippen LogP contribution in [0.2, 0.25) is 0 Å². The highest BCUT2D eigenvalue weighted by molar-refractivity contribution is 6.31. The Morgan fingerprint density at radius 3 is 1.14 bits per heavy atom. The van der Waals surface area contributed by atoms with Crippen LogP contribution in [0, 0.1) is 0 Å². The van der Waals surface area contributed by atoms with E-state index < -0.39 is 5.41 Å². The maximum atomic E-state index is 2.53. The second-order valence-corrected chi connectivity index (χ2v) is 20.4. The van der Waals surface area contributed by atoms with Gasteiger partial charge in [0, 0.05) is 0 Å². The van der Waals surface area contributed by atoms with Crippen molar-refractivity contribution >= 4 is 64.6 Å². The van der Waals surface area contributed by atoms with Gasteiger partial charge in [-0.1, -0.05) is 249 Å². The molecule has 334 valence electrons. The van der Waals surface area contributed by atoms with Gasteiger partial charge in [0.05, 0.1) is 5.41 Å². The molecule has 1 spiro atoms. The van der Waals surface area contributed by atoms with E-state index in [1.807, 2.05) is 0 Å². The van der Waals surface area contributed by atoms with Gasteiger partial charge in [-0.2, -0.15) is 0 Å². The average molecular weight is 919 g/mol. The minimum absolute atomic E-state index is 0.560. The van der Waals surface area contributed by atoms with Gasteiger partial charge in [-0.25, -0.2) is 0 Å². The Kier molecular flexibility index (Phi) is 7.76. The van der Waals surface area contributed by atoms with Crippen LogP contribution in [0.15, 0.2) is 255 Å². The fourth-order valence-electron chi connectivity index (χ4n) is 14.6. The van der Waals surface area contributed by atoms with Crippen LogP contribution in [0.4, 0.5) is 0 Å². The molecule has 0 fully saturated rings. The van der Waals surface area contributed by atoms with Crippen LogP contribution in [0.5, 0.6) is 0 Å². The van der Waals surface area contributed by atoms with E-state index in [1.54, 1.807) is 0 Å². The fourth-order valence-corrected chi connectivity index (χ4v) is 14.6. The molecule has 0 saturated heterocycles. The largest absolute Gasteiger partial charge is 0.0738 e. The number of fused-ring (bicyclic) bond motifs is 24. The van der Waals surface area contributed by atoms with Crippen molar-refractivity contribution in [2.45, 2.75) is 5.41 Å². The normalized spacial score (nSPS) is 13.3. The molecule has 0 radical (unpaired) electrons. The highest BCUT2D eigenvalue weighted by atomic mass is 14.5. The van der Waals surface area contributed by atoms with E-state index in [-0.39, 0.29) is 0 Å². The minimum Gasteiger partial charge on any atom is -0.0622 e. The lowest BCUT2D eigenvalue weighted by Crippen LogP contribution is -2.26. The number of rotatable bonds is 3. The summed E-state index contributed by atoms with van der Waals surface area (Å²) in [6, 6.07) is 96.6. The lowest BCUT2D eigenvalue weighted by molar-refractivity contribution is 0.810. The summed E-state index contributed by atoms with van der Waals surface area (Å²) in [7, 11) is 0. The lowest BCUT2D eigenvalue weighted by Gasteiger charge is -2.33. The van der Waals surface area contributed by atoms with Crippen molar-refractivity contribution in [3.05, 3.63) is 277 Å². The van der Waals surface area contributed by atoms with E-state index in [4.69, 9.17) is 0 Å². The smallest absolute Gasteiger partial charge is 0.0622 e. The van der Waals surface area contributed by atoms with E-state index in [0.29, 0.717) is 0 Å². The summed E-state index contributed by atoms with van der Waals surface area (Å²) >= 11 is 0. The van der Waals surface area contributed by atoms with Crippen molar-refractivity contribution in [1.82, 2.24) is 0 Å². The first-order chi connectivity index (χ1) is 36.3. The van der Waals surface area contributed by atoms with Crippen molar-refractivity contribution in [2.75, 3.05) is 0 Å². The SMILES string of the molecule is c1ccc(-c2c3c(c(-c4ccccc4)c4ccccc24)-c2ccc(-c4ccc5c6c(c7ccccc7c5c4)-c4c(c5ccccc5c5ccccc45)C64c5ccccc5-c5ccccc54)c4cccc-3c24)cc1. The predicted molar refractivity (Wildman–Crippen MR) is 309 cm³/mol. The van der Waals surface area contributed by atoms with Gasteiger partial charge in [-0.05, 0) is 171 Å². The molecule has 0 nitrogen and oxygen atoms in total. The topological polar surface area (TPSA) is 0 Å². The first kappa shape index (κ1) is 39.4. The van der Waals surface area contributed by atoms with E-state index in [9.17, 15) is 0 Å². The number of benzene rings is 14. The maximum Gasteiger partial charge on any atom is 0.0738 e. The average Bonchev–Trinajstić information content (AvgIpc) is 4.15. The van der Waals surface area contributed by atoms with Crippen LogP contribution in [-0.2, 0) is 5.41 Å². The zero-order valence-electron chi connectivity index (χ0n) is 39.7. The molecule has 14 aromatic carbocycles. The van der Waals surface area contributed by atoms with E-state index >= 15 is 0 Å². The molecule has 14 aromatic rings. The van der Waals surface area contributed by atoms with Crippen molar-refractivity contribution in [2.24, 2.45) is 0 Å². The maximum absolute atomic E-state index is 2.53. The lowest BCUT2D eigenvalue weighted by atomic mass is 9.68. The van der Waals surface area contributed by atoms with Crippen LogP contribution >= 0.6 is 0 Å². The summed E-state index contributed by atoms with van der Waals surface area (Å²) in [5.74, 6) is 0. The third-order valence-corrected chi connectivity index (χ3v) is 17.1. The van der Waals surface area contributed by atoms with Gasteiger partial charge < -0.3 is 0 Å². The van der Waals surface area contributed by atoms with Gasteiger partial charge in [0.1, 0.15) is 0 Å². The van der Waals surface area contributed by atoms with Crippen LogP contribution in [0.1, 0.15) is 22.3 Å². The molecule has 0 unspecified atom stereocenters. The van der Waals surface area contributed by atoms with Gasteiger partial charge in [0.15, 0.2) is 0 Å². The predicted octanol–water partition coefficient (Wildman–Crippen LogP) is 19.6. The summed E-state index contributed by atoms with van der Waals surface area (Å²) < 4.78 is 0. The summed E-state index contributed by atoms with van der Waals surface area (Å²) in [5, 5.41) is 15.6. The summed E-state index contributed by atoms with van der Waals surface area (Å²) in [5.41, 5.74) is 23.1. The van der Waals surface area contributed by atoms with Crippen LogP contribution in [0.3, 0.4) is 0 Å². The van der Waals surface area contributed by atoms with Crippen molar-refractivity contribution < 1.29 is 0 Å². The Hall–Kier alpha value is -9.36. The third kappa shape index (κ3) is 4.91. The molecular formula is C73H42. The highest BCUT2D eigenvalue weighted by Gasteiger charge is 2.54. The first-order valence-corrected chi connectivity index (χ1v) is 25.7. The quantitative estimate of drug-likeness (QED) is 0.155. The number of hydrogen-bond acceptors (Lipinski definition) is 0. The molecule has 0 amide bonds. The number of hydrogen-bond donors (Lipinski definition) is 0. The van der Waals surface area contributed by atoms with E-state index in [2.05, 4.69) is 255 Å². The monoisotopic (exact) mass is 918 g/mol. The molecule has 0 saturated carbocycles. The van der Waals surface area contributed by atoms with Crippen molar-refractivity contribution in [3.63, 3.8) is 0 Å². The Morgan fingerprint density at radius 2 is 0.575 bits per heavy atom. The Labute approximate surface area is 422 Å². The zero-order valence-corrected chi connectivity index (χ0v) is 39.7. The molecule has 0 aromatic heterocycles. The van der Waals surface area contributed by atoms with Gasteiger partial charge in [-0.15, -0.1) is 0 Å². The summed E-state index contributed by atoms with van der Waals surface area (Å²) in [4.78, 5) is 0. The van der Waals surface area contributed by atoms with Crippen LogP contribution in [-0.4, -0.2) is 0 Å². The van der Waals surface area contributed by atoms with Crippen LogP contribution in [0.25, 0.3) is 143 Å². The molecule has 0 aliphatic heterocycles. The molecule has 0 heterocycles. The van der Waals surface area contributed by atoms with Crippen molar-refractivity contribution in [1.29, 1.82) is 0 Å². The third-order valence-electron chi connectivity index (χ3n) is 17.1. The molecule has 73 heavy (non-hydrogen) atoms. The van der Waals surface area contributed by atoms with Crippen LogP contribution < -0.4 is 0 Å². The second kappa shape index (κ2) is 14.4. The van der Waals surface area contributed by atoms with Crippen molar-refractivity contribution in [3.8, 4) is 77.9 Å². The Balaban J connectivity index is 0.984. The molecule has 17 rings (SSSR count). The van der Waals surface area contributed by atoms with Gasteiger partial charge in [0.25, 0.3) is 0 Å². The van der Waals surface area contributed by atoms with E-state index in [1.165, 1.54) is 165 Å². The highest BCUT2D eigenvalue weighted by Crippen LogP contribution is 2.68. The molecular weight excluding hydrogens is 877 g/mol. The molecule has 3 aliphatic carbocycles. The minimum atomic E-state index is -0.560. The molecule has 0 N–H and O–H groups in total. The summed E-state index contributed by atoms with van der Waals surface area (Å²) in [6.45, 7) is 0. The van der Waals surface area contributed by atoms with Gasteiger partial charge in [0.2, 0.25) is 0 Å². The molecule has 0 bridgehead atoms. The summed E-state index contributed by atoms with van der Waals surface area (Å²) in [6.07, 6.45) is 0. The first-order valence-electron chi connectivity index (χ1n) is 25.7.